The molecule has 3 fully saturated rings. The van der Waals surface area contributed by atoms with Crippen LogP contribution in [0.25, 0.3) is 0 Å². The molecule has 0 spiro atoms. The monoisotopic (exact) mass is 855 g/mol. The summed E-state index contributed by atoms with van der Waals surface area (Å²) in [6.45, 7) is 6.38. The van der Waals surface area contributed by atoms with E-state index in [0.717, 1.165) is 25.3 Å². The van der Waals surface area contributed by atoms with Gasteiger partial charge in [0, 0.05) is 55.7 Å². The number of nitrogens with zero attached hydrogens (tertiary/aromatic N) is 1. The van der Waals surface area contributed by atoms with Gasteiger partial charge in [0.25, 0.3) is 0 Å². The van der Waals surface area contributed by atoms with Gasteiger partial charge >= 0.3 is 5.97 Å². The van der Waals surface area contributed by atoms with Crippen molar-refractivity contribution in [3.8, 4) is 17.2 Å². The first kappa shape index (κ1) is 44.7. The first-order valence-corrected chi connectivity index (χ1v) is 20.4. The van der Waals surface area contributed by atoms with Crippen LogP contribution in [0, 0.1) is 0 Å². The van der Waals surface area contributed by atoms with Crippen molar-refractivity contribution in [1.82, 2.24) is 4.90 Å². The van der Waals surface area contributed by atoms with Gasteiger partial charge in [-0.3, -0.25) is 24.0 Å². The van der Waals surface area contributed by atoms with Crippen LogP contribution in [0.4, 0.5) is 0 Å². The number of aromatic hydroxyl groups is 3. The largest absolute Gasteiger partial charge is 0.507 e. The average Bonchev–Trinajstić information content (AvgIpc) is 3.17. The zero-order valence-corrected chi connectivity index (χ0v) is 35.0. The van der Waals surface area contributed by atoms with Crippen LogP contribution in [-0.2, 0) is 47.5 Å². The lowest BCUT2D eigenvalue weighted by atomic mass is 9.66. The zero-order chi connectivity index (χ0) is 44.4. The maximum Gasteiger partial charge on any atom is 0.316 e. The van der Waals surface area contributed by atoms with Gasteiger partial charge in [0.05, 0.1) is 53.8 Å². The van der Waals surface area contributed by atoms with E-state index in [0.29, 0.717) is 12.8 Å². The predicted molar refractivity (Wildman–Crippen MR) is 208 cm³/mol. The Morgan fingerprint density at radius 3 is 2.05 bits per heavy atom. The fourth-order valence-corrected chi connectivity index (χ4v) is 9.59. The molecule has 18 heteroatoms. The maximum atomic E-state index is 14.0. The number of carbonyl (C=O) groups excluding carboxylic acids is 5. The highest BCUT2D eigenvalue weighted by molar-refractivity contribution is 6.31. The molecule has 3 aliphatic heterocycles. The van der Waals surface area contributed by atoms with Gasteiger partial charge in [0.1, 0.15) is 47.3 Å². The van der Waals surface area contributed by atoms with E-state index in [4.69, 9.17) is 33.2 Å². The Bertz CT molecular complexity index is 2090. The number of likely N-dealkylation sites (N-methyl/N-ethyl adjacent to an activating group) is 1. The third kappa shape index (κ3) is 8.21. The molecule has 0 bridgehead atoms. The minimum Gasteiger partial charge on any atom is -0.507 e. The van der Waals surface area contributed by atoms with Crippen molar-refractivity contribution in [2.45, 2.75) is 145 Å². The molecule has 2 aromatic rings. The summed E-state index contributed by atoms with van der Waals surface area (Å²) in [5.74, 6) is -7.06. The number of rotatable bonds is 10. The van der Waals surface area contributed by atoms with Gasteiger partial charge in [-0.15, -0.1) is 0 Å². The van der Waals surface area contributed by atoms with Crippen LogP contribution >= 0.6 is 0 Å². The molecule has 5 N–H and O–H groups in total. The highest BCUT2D eigenvalue weighted by Gasteiger charge is 2.55. The molecule has 13 atom stereocenters. The van der Waals surface area contributed by atoms with Crippen molar-refractivity contribution < 1.29 is 82.7 Å². The summed E-state index contributed by atoms with van der Waals surface area (Å²) in [6, 6.07) is 2.80. The van der Waals surface area contributed by atoms with Gasteiger partial charge < -0.3 is 63.6 Å². The SMILES string of the molecule is COC(=O)C1c2cc3c(c(O)c2C(OC2CC(N(C)C)C(OC4CC(O)C(OC5CCC(=O)C(C)O5)C(C)O4)C(C)O2)CC1(O)CC(C)=O)C(=O)c1c(O)ccc(O)c1C3=O. The summed E-state index contributed by atoms with van der Waals surface area (Å²) in [4.78, 5) is 68.0. The molecule has 0 saturated carbocycles. The number of aliphatic hydroxyl groups excluding tert-OH is 1. The molecule has 0 aromatic heterocycles. The molecule has 0 amide bonds. The Morgan fingerprint density at radius 1 is 0.852 bits per heavy atom. The number of esters is 1. The Labute approximate surface area is 351 Å². The fraction of sp³-hybridized carbons (Fsp3) is 0.605. The van der Waals surface area contributed by atoms with E-state index in [9.17, 15) is 49.5 Å². The summed E-state index contributed by atoms with van der Waals surface area (Å²) in [5, 5.41) is 56.7. The lowest BCUT2D eigenvalue weighted by Crippen LogP contribution is -2.58. The van der Waals surface area contributed by atoms with Crippen molar-refractivity contribution in [2.24, 2.45) is 0 Å². The fourth-order valence-electron chi connectivity index (χ4n) is 9.59. The normalized spacial score (nSPS) is 35.0. The lowest BCUT2D eigenvalue weighted by molar-refractivity contribution is -0.324. The first-order chi connectivity index (χ1) is 28.7. The highest BCUT2D eigenvalue weighted by atomic mass is 16.7. The molecule has 13 unspecified atom stereocenters. The number of hydrogen-bond acceptors (Lipinski definition) is 18. The third-order valence-corrected chi connectivity index (χ3v) is 12.5. The van der Waals surface area contributed by atoms with E-state index in [1.54, 1.807) is 20.8 Å². The molecule has 0 radical (unpaired) electrons. The van der Waals surface area contributed by atoms with Gasteiger partial charge in [0.15, 0.2) is 30.4 Å². The number of phenolic OH excluding ortho intramolecular Hbond substituents is 3. The molecule has 2 aliphatic carbocycles. The zero-order valence-electron chi connectivity index (χ0n) is 35.0. The average molecular weight is 856 g/mol. The second kappa shape index (κ2) is 17.1. The second-order valence-electron chi connectivity index (χ2n) is 17.0. The summed E-state index contributed by atoms with van der Waals surface area (Å²) >= 11 is 0. The molecule has 7 rings (SSSR count). The van der Waals surface area contributed by atoms with Crippen molar-refractivity contribution >= 4 is 29.1 Å². The quantitative estimate of drug-likeness (QED) is 0.145. The molecule has 18 nitrogen and oxygen atoms in total. The van der Waals surface area contributed by atoms with E-state index in [1.165, 1.54) is 6.92 Å². The number of hydrogen-bond donors (Lipinski definition) is 5. The minimum atomic E-state index is -2.18. The predicted octanol–water partition coefficient (Wildman–Crippen LogP) is 2.43. The number of carbonyl (C=O) groups is 5. The first-order valence-electron chi connectivity index (χ1n) is 20.4. The summed E-state index contributed by atoms with van der Waals surface area (Å²) in [6.07, 6.45) is -8.43. The molecule has 3 heterocycles. The number of phenols is 3. The molecule has 61 heavy (non-hydrogen) atoms. The van der Waals surface area contributed by atoms with Gasteiger partial charge in [-0.05, 0) is 65.6 Å². The van der Waals surface area contributed by atoms with E-state index >= 15 is 0 Å². The molecular weight excluding hydrogens is 802 g/mol. The number of ketones is 4. The summed E-state index contributed by atoms with van der Waals surface area (Å²) in [5.41, 5.74) is -4.44. The molecule has 332 valence electrons. The number of ether oxygens (including phenoxy) is 7. The molecular formula is C43H53NO17. The van der Waals surface area contributed by atoms with Crippen LogP contribution in [0.15, 0.2) is 18.2 Å². The Balaban J connectivity index is 1.17. The summed E-state index contributed by atoms with van der Waals surface area (Å²) < 4.78 is 42.4. The van der Waals surface area contributed by atoms with Crippen LogP contribution in [0.3, 0.4) is 0 Å². The van der Waals surface area contributed by atoms with Gasteiger partial charge in [0.2, 0.25) is 5.78 Å². The smallest absolute Gasteiger partial charge is 0.316 e. The summed E-state index contributed by atoms with van der Waals surface area (Å²) in [7, 11) is 4.72. The standard InChI is InChI=1S/C43H53NO17/c1-17(45)15-43(54)16-28(32-21(36(43)42(53)55-7)12-22-33(38(32)51)39(52)35-26(48)9-8-25(47)34(35)37(22)50)59-30-13-23(44(5)6)40(19(3)57-30)61-31-14-27(49)41(20(4)58-31)60-29-11-10-24(46)18(2)56-29/h8-9,12,18-20,23,27-31,36,40-41,47-49,51,54H,10-11,13-16H2,1-7H3. The number of benzene rings is 2. The number of methoxy groups -OCH3 is 1. The number of aliphatic hydroxyl groups is 2. The van der Waals surface area contributed by atoms with Crippen LogP contribution in [0.5, 0.6) is 17.2 Å². The second-order valence-corrected chi connectivity index (χ2v) is 17.0. The topological polar surface area (TPSA) is 254 Å². The Morgan fingerprint density at radius 2 is 1.46 bits per heavy atom. The molecule has 3 saturated heterocycles. The lowest BCUT2D eigenvalue weighted by Gasteiger charge is -2.48. The minimum absolute atomic E-state index is 0.0132. The van der Waals surface area contributed by atoms with Crippen molar-refractivity contribution in [3.05, 3.63) is 51.6 Å². The van der Waals surface area contributed by atoms with Crippen LogP contribution in [0.1, 0.15) is 121 Å². The van der Waals surface area contributed by atoms with Crippen LogP contribution < -0.4 is 0 Å². The third-order valence-electron chi connectivity index (χ3n) is 12.5. The van der Waals surface area contributed by atoms with Gasteiger partial charge in [-0.25, -0.2) is 0 Å². The molecule has 5 aliphatic rings. The van der Waals surface area contributed by atoms with E-state index in [2.05, 4.69) is 0 Å². The Hall–Kier alpha value is -4.37. The van der Waals surface area contributed by atoms with Crippen molar-refractivity contribution in [2.75, 3.05) is 21.2 Å². The van der Waals surface area contributed by atoms with Gasteiger partial charge in [-0.2, -0.15) is 0 Å². The molecule has 2 aromatic carbocycles. The van der Waals surface area contributed by atoms with Gasteiger partial charge in [-0.1, -0.05) is 0 Å². The van der Waals surface area contributed by atoms with Crippen LogP contribution in [-0.4, -0.2) is 148 Å². The number of Topliss-reactive ketones (excluding diaryl/α,β-unsaturated/α-hetero) is 2. The van der Waals surface area contributed by atoms with E-state index in [1.807, 2.05) is 19.0 Å². The van der Waals surface area contributed by atoms with E-state index in [-0.39, 0.29) is 29.8 Å². The highest BCUT2D eigenvalue weighted by Crippen LogP contribution is 2.54. The van der Waals surface area contributed by atoms with Crippen molar-refractivity contribution in [1.29, 1.82) is 0 Å². The Kier molecular flexibility index (Phi) is 12.5. The van der Waals surface area contributed by atoms with E-state index < -0.39 is 155 Å². The maximum absolute atomic E-state index is 14.0. The van der Waals surface area contributed by atoms with Crippen molar-refractivity contribution in [3.63, 3.8) is 0 Å². The number of fused-ring (bicyclic) bond motifs is 3. The van der Waals surface area contributed by atoms with Crippen LogP contribution in [0.2, 0.25) is 0 Å².